The van der Waals surface area contributed by atoms with Gasteiger partial charge in [-0.25, -0.2) is 0 Å². The van der Waals surface area contributed by atoms with Crippen LogP contribution in [0.1, 0.15) is 0 Å². The second-order valence-corrected chi connectivity index (χ2v) is 0. The van der Waals surface area contributed by atoms with E-state index >= 15 is 0 Å². The first-order valence-electron chi connectivity index (χ1n) is 0. The van der Waals surface area contributed by atoms with E-state index in [4.69, 9.17) is 0 Å². The van der Waals surface area contributed by atoms with Gasteiger partial charge in [0.25, 0.3) is 0 Å². The van der Waals surface area contributed by atoms with Crippen LogP contribution in [-0.2, 0) is 17.1 Å². The SMILES string of the molecule is O.O.O.O.O.O.O.O.O.O.O.O.O.O.O.O.O.[Fe]. The molecule has 0 amide bonds. The molecule has 0 spiro atoms. The molecule has 0 bridgehead atoms. The molecular weight excluding hydrogens is 328 g/mol. The van der Waals surface area contributed by atoms with Crippen LogP contribution in [0.5, 0.6) is 0 Å². The summed E-state index contributed by atoms with van der Waals surface area (Å²) in [4.78, 5) is 0. The van der Waals surface area contributed by atoms with E-state index in [1.165, 1.54) is 0 Å². The van der Waals surface area contributed by atoms with Gasteiger partial charge < -0.3 is 93.1 Å². The fourth-order valence-corrected chi connectivity index (χ4v) is 0. The molecule has 0 rings (SSSR count). The van der Waals surface area contributed by atoms with Crippen LogP contribution in [0.3, 0.4) is 0 Å². The van der Waals surface area contributed by atoms with Gasteiger partial charge in [-0.2, -0.15) is 0 Å². The van der Waals surface area contributed by atoms with Gasteiger partial charge in [0.2, 0.25) is 0 Å². The van der Waals surface area contributed by atoms with Gasteiger partial charge in [-0.1, -0.05) is 0 Å². The van der Waals surface area contributed by atoms with Gasteiger partial charge in [0, 0.05) is 17.1 Å². The zero-order valence-electron chi connectivity index (χ0n) is 8.85. The standard InChI is InChI=1S/Fe.17H2O/h;17*1H2. The Bertz CT molecular complexity index is 5.57. The molecule has 0 unspecified atom stereocenters. The van der Waals surface area contributed by atoms with E-state index in [0.29, 0.717) is 0 Å². The molecule has 0 saturated carbocycles. The Hall–Kier alpha value is -0.161. The summed E-state index contributed by atoms with van der Waals surface area (Å²) >= 11 is 0. The molecule has 18 heavy (non-hydrogen) atoms. The molecule has 34 N–H and O–H groups in total. The molecule has 18 heteroatoms. The average molecular weight is 362 g/mol. The Morgan fingerprint density at radius 2 is 0.111 bits per heavy atom. The van der Waals surface area contributed by atoms with E-state index in [1.807, 2.05) is 0 Å². The zero-order chi connectivity index (χ0) is 0. The van der Waals surface area contributed by atoms with Crippen molar-refractivity contribution in [1.29, 1.82) is 0 Å². The Labute approximate surface area is 111 Å². The van der Waals surface area contributed by atoms with Crippen molar-refractivity contribution in [2.24, 2.45) is 0 Å². The van der Waals surface area contributed by atoms with Crippen molar-refractivity contribution in [3.05, 3.63) is 0 Å². The van der Waals surface area contributed by atoms with Crippen LogP contribution >= 0.6 is 0 Å². The maximum Gasteiger partial charge on any atom is 0 e. The molecule has 0 aromatic rings. The van der Waals surface area contributed by atoms with Gasteiger partial charge in [0.1, 0.15) is 0 Å². The molecule has 0 radical (unpaired) electrons. The minimum Gasteiger partial charge on any atom is -0.412 e. The molecule has 0 aliphatic heterocycles. The van der Waals surface area contributed by atoms with Crippen molar-refractivity contribution < 1.29 is 110 Å². The molecule has 17 nitrogen and oxygen atoms in total. The van der Waals surface area contributed by atoms with Gasteiger partial charge in [-0.15, -0.1) is 0 Å². The quantitative estimate of drug-likeness (QED) is 0.362. The van der Waals surface area contributed by atoms with E-state index in [0.717, 1.165) is 0 Å². The minimum absolute atomic E-state index is 0. The van der Waals surface area contributed by atoms with Gasteiger partial charge in [0.05, 0.1) is 0 Å². The summed E-state index contributed by atoms with van der Waals surface area (Å²) in [6.45, 7) is 0. The minimum atomic E-state index is 0. The molecule has 0 heterocycles. The Morgan fingerprint density at radius 1 is 0.111 bits per heavy atom. The maximum absolute atomic E-state index is 0. The molecule has 0 aromatic carbocycles. The summed E-state index contributed by atoms with van der Waals surface area (Å²) in [7, 11) is 0. The van der Waals surface area contributed by atoms with Crippen LogP contribution in [0, 0.1) is 0 Å². The molecule has 0 aliphatic rings. The summed E-state index contributed by atoms with van der Waals surface area (Å²) in [6.07, 6.45) is 0. The molecule has 0 aromatic heterocycles. The topological polar surface area (TPSA) is 536 Å². The Kier molecular flexibility index (Phi) is 1790000000. The van der Waals surface area contributed by atoms with Crippen molar-refractivity contribution in [2.75, 3.05) is 0 Å². The van der Waals surface area contributed by atoms with Crippen LogP contribution in [0.2, 0.25) is 0 Å². The van der Waals surface area contributed by atoms with Crippen LogP contribution in [-0.4, -0.2) is 93.1 Å². The van der Waals surface area contributed by atoms with Crippen molar-refractivity contribution in [2.45, 2.75) is 0 Å². The summed E-state index contributed by atoms with van der Waals surface area (Å²) in [5.41, 5.74) is 0. The normalized spacial score (nSPS) is 0. The third-order valence-corrected chi connectivity index (χ3v) is 0. The van der Waals surface area contributed by atoms with Crippen molar-refractivity contribution in [3.8, 4) is 0 Å². The first-order chi connectivity index (χ1) is 0. The first kappa shape index (κ1) is 196000. The van der Waals surface area contributed by atoms with Crippen molar-refractivity contribution >= 4 is 0 Å². The third kappa shape index (κ3) is 135000. The largest absolute Gasteiger partial charge is 0.412 e. The number of rotatable bonds is 0. The predicted octanol–water partition coefficient (Wildman–Crippen LogP) is -14.0. The summed E-state index contributed by atoms with van der Waals surface area (Å²) in [5.74, 6) is 0. The number of hydrogen-bond acceptors (Lipinski definition) is 0. The monoisotopic (exact) mass is 362 g/mol. The maximum atomic E-state index is 0. The van der Waals surface area contributed by atoms with Crippen molar-refractivity contribution in [1.82, 2.24) is 0 Å². The smallest absolute Gasteiger partial charge is 0 e. The van der Waals surface area contributed by atoms with E-state index in [1.54, 1.807) is 0 Å². The van der Waals surface area contributed by atoms with Gasteiger partial charge in [-0.05, 0) is 0 Å². The average Bonchev–Trinajstić information content (AvgIpc) is 0. The predicted molar refractivity (Wildman–Crippen MR) is 61.4 cm³/mol. The van der Waals surface area contributed by atoms with Crippen LogP contribution in [0.15, 0.2) is 0 Å². The summed E-state index contributed by atoms with van der Waals surface area (Å²) in [5, 5.41) is 0. The van der Waals surface area contributed by atoms with E-state index in [2.05, 4.69) is 0 Å². The van der Waals surface area contributed by atoms with Crippen LogP contribution in [0.25, 0.3) is 0 Å². The molecule has 0 saturated heterocycles. The fraction of sp³-hybridized carbons (Fsp3) is 0. The molecule has 144 valence electrons. The Morgan fingerprint density at radius 3 is 0.111 bits per heavy atom. The zero-order valence-corrected chi connectivity index (χ0v) is 9.96. The molecular formula is H34FeO17. The second-order valence-electron chi connectivity index (χ2n) is 0. The van der Waals surface area contributed by atoms with Crippen LogP contribution in [0.4, 0.5) is 0 Å². The summed E-state index contributed by atoms with van der Waals surface area (Å²) in [6, 6.07) is 0. The van der Waals surface area contributed by atoms with E-state index in [9.17, 15) is 0 Å². The Balaban J connectivity index is 0. The van der Waals surface area contributed by atoms with Gasteiger partial charge >= 0.3 is 0 Å². The number of hydrogen-bond donors (Lipinski definition) is 0. The molecule has 0 aliphatic carbocycles. The van der Waals surface area contributed by atoms with E-state index < -0.39 is 0 Å². The van der Waals surface area contributed by atoms with Crippen molar-refractivity contribution in [3.63, 3.8) is 0 Å². The summed E-state index contributed by atoms with van der Waals surface area (Å²) < 4.78 is 0. The fourth-order valence-electron chi connectivity index (χ4n) is 0. The second kappa shape index (κ2) is 164000. The molecule has 0 atom stereocenters. The molecule has 0 fully saturated rings. The first-order valence-corrected chi connectivity index (χ1v) is 0. The van der Waals surface area contributed by atoms with Gasteiger partial charge in [-0.3, -0.25) is 0 Å². The van der Waals surface area contributed by atoms with Gasteiger partial charge in [0.15, 0.2) is 0 Å². The van der Waals surface area contributed by atoms with E-state index in [-0.39, 0.29) is 110 Å². The van der Waals surface area contributed by atoms with Crippen LogP contribution < -0.4 is 0 Å². The third-order valence-electron chi connectivity index (χ3n) is 0.